The van der Waals surface area contributed by atoms with Gasteiger partial charge in [-0.1, -0.05) is 44.4 Å². The number of carbonyl (C=O) groups excluding carboxylic acids is 2. The van der Waals surface area contributed by atoms with E-state index in [0.29, 0.717) is 12.3 Å². The highest BCUT2D eigenvalue weighted by Crippen LogP contribution is 2.47. The largest absolute Gasteiger partial charge is 0.412 e. The Labute approximate surface area is 160 Å². The number of nitrogens with zero attached hydrogens (tertiary/aromatic N) is 1. The van der Waals surface area contributed by atoms with Crippen molar-refractivity contribution in [2.75, 3.05) is 18.0 Å². The van der Waals surface area contributed by atoms with Crippen LogP contribution in [0.3, 0.4) is 0 Å². The molecule has 6 heteroatoms. The van der Waals surface area contributed by atoms with Crippen molar-refractivity contribution in [1.82, 2.24) is 5.32 Å². The van der Waals surface area contributed by atoms with E-state index in [-0.39, 0.29) is 5.78 Å². The van der Waals surface area contributed by atoms with E-state index in [4.69, 9.17) is 4.74 Å². The van der Waals surface area contributed by atoms with Crippen LogP contribution in [0.1, 0.15) is 52.9 Å². The molecule has 0 saturated carbocycles. The highest BCUT2D eigenvalue weighted by molar-refractivity contribution is 8.03. The van der Waals surface area contributed by atoms with Gasteiger partial charge >= 0.3 is 6.09 Å². The lowest BCUT2D eigenvalue weighted by molar-refractivity contribution is -0.112. The summed E-state index contributed by atoms with van der Waals surface area (Å²) in [7, 11) is 0. The van der Waals surface area contributed by atoms with E-state index >= 15 is 0 Å². The van der Waals surface area contributed by atoms with Crippen LogP contribution in [0.15, 0.2) is 34.2 Å². The number of thioether (sulfide) groups is 1. The molecule has 0 bridgehead atoms. The molecule has 1 aromatic rings. The van der Waals surface area contributed by atoms with Gasteiger partial charge in [0.2, 0.25) is 0 Å². The van der Waals surface area contributed by atoms with Crippen LogP contribution in [-0.4, -0.2) is 25.0 Å². The average molecular weight is 377 g/mol. The fourth-order valence-corrected chi connectivity index (χ4v) is 4.01. The Morgan fingerprint density at radius 1 is 1.19 bits per heavy atom. The van der Waals surface area contributed by atoms with Gasteiger partial charge in [0, 0.05) is 30.1 Å². The molecule has 0 radical (unpaired) electrons. The number of anilines is 1. The van der Waals surface area contributed by atoms with Crippen LogP contribution in [-0.2, 0) is 4.79 Å². The summed E-state index contributed by atoms with van der Waals surface area (Å²) in [6.45, 7) is 7.14. The maximum absolute atomic E-state index is 12.0. The molecule has 1 aromatic carbocycles. The SMILES string of the molecule is CCCCCCCNC(=O)Oc1ccc2c(c1)N(CC)/C(=C/C(C)=O)S2. The number of amides is 1. The Morgan fingerprint density at radius 3 is 2.65 bits per heavy atom. The first-order valence-electron chi connectivity index (χ1n) is 9.32. The molecule has 1 aliphatic heterocycles. The second kappa shape index (κ2) is 10.3. The standard InChI is InChI=1S/C20H28N2O3S/c1-4-6-7-8-9-12-21-20(24)25-16-10-11-18-17(14-16)22(5-2)19(26-18)13-15(3)23/h10-11,13-14H,4-9,12H2,1-3H3,(H,21,24)/b19-13-. The summed E-state index contributed by atoms with van der Waals surface area (Å²) in [5, 5.41) is 3.71. The molecule has 0 aromatic heterocycles. The summed E-state index contributed by atoms with van der Waals surface area (Å²) in [5.74, 6) is 0.531. The summed E-state index contributed by atoms with van der Waals surface area (Å²) < 4.78 is 5.40. The number of hydrogen-bond acceptors (Lipinski definition) is 5. The highest BCUT2D eigenvalue weighted by atomic mass is 32.2. The topological polar surface area (TPSA) is 58.6 Å². The molecule has 1 aliphatic rings. The molecule has 0 unspecified atom stereocenters. The van der Waals surface area contributed by atoms with Gasteiger partial charge in [-0.05, 0) is 32.4 Å². The van der Waals surface area contributed by atoms with E-state index in [2.05, 4.69) is 17.1 Å². The van der Waals surface area contributed by atoms with E-state index < -0.39 is 6.09 Å². The van der Waals surface area contributed by atoms with Crippen LogP contribution in [0.2, 0.25) is 0 Å². The van der Waals surface area contributed by atoms with Crippen LogP contribution >= 0.6 is 11.8 Å². The van der Waals surface area contributed by atoms with Crippen molar-refractivity contribution < 1.29 is 14.3 Å². The number of fused-ring (bicyclic) bond motifs is 1. The van der Waals surface area contributed by atoms with Crippen LogP contribution in [0, 0.1) is 0 Å². The number of nitrogens with one attached hydrogen (secondary N) is 1. The highest BCUT2D eigenvalue weighted by Gasteiger charge is 2.25. The van der Waals surface area contributed by atoms with Crippen LogP contribution in [0.25, 0.3) is 0 Å². The number of ether oxygens (including phenoxy) is 1. The zero-order valence-corrected chi connectivity index (χ0v) is 16.7. The van der Waals surface area contributed by atoms with Gasteiger partial charge in [-0.2, -0.15) is 0 Å². The molecule has 5 nitrogen and oxygen atoms in total. The predicted octanol–water partition coefficient (Wildman–Crippen LogP) is 5.11. The Balaban J connectivity index is 1.91. The number of unbranched alkanes of at least 4 members (excludes halogenated alkanes) is 4. The van der Waals surface area contributed by atoms with E-state index in [1.807, 2.05) is 19.1 Å². The summed E-state index contributed by atoms with van der Waals surface area (Å²) >= 11 is 1.56. The van der Waals surface area contributed by atoms with E-state index in [1.54, 1.807) is 30.8 Å². The third kappa shape index (κ3) is 5.80. The van der Waals surface area contributed by atoms with Gasteiger partial charge in [0.15, 0.2) is 5.78 Å². The lowest BCUT2D eigenvalue weighted by Gasteiger charge is -2.18. The van der Waals surface area contributed by atoms with Gasteiger partial charge in [-0.25, -0.2) is 4.79 Å². The normalized spacial score (nSPS) is 14.4. The number of rotatable bonds is 9. The zero-order valence-electron chi connectivity index (χ0n) is 15.8. The molecule has 0 spiro atoms. The van der Waals surface area contributed by atoms with Gasteiger partial charge in [-0.15, -0.1) is 0 Å². The van der Waals surface area contributed by atoms with Crippen LogP contribution in [0.5, 0.6) is 5.75 Å². The minimum atomic E-state index is -0.423. The quantitative estimate of drug-likeness (QED) is 0.479. The Hall–Kier alpha value is -1.95. The molecule has 1 amide bonds. The molecule has 0 fully saturated rings. The molecule has 0 aliphatic carbocycles. The van der Waals surface area contributed by atoms with Crippen molar-refractivity contribution in [3.63, 3.8) is 0 Å². The first-order valence-corrected chi connectivity index (χ1v) is 10.1. The number of benzene rings is 1. The lowest BCUT2D eigenvalue weighted by atomic mass is 10.1. The third-order valence-electron chi connectivity index (χ3n) is 4.10. The molecule has 142 valence electrons. The second-order valence-corrected chi connectivity index (χ2v) is 7.36. The predicted molar refractivity (Wildman–Crippen MR) is 107 cm³/mol. The average Bonchev–Trinajstić information content (AvgIpc) is 2.93. The van der Waals surface area contributed by atoms with Gasteiger partial charge in [-0.3, -0.25) is 4.79 Å². The van der Waals surface area contributed by atoms with Crippen molar-refractivity contribution in [2.24, 2.45) is 0 Å². The smallest absolute Gasteiger partial charge is 0.410 e. The van der Waals surface area contributed by atoms with Gasteiger partial charge in [0.05, 0.1) is 10.7 Å². The zero-order chi connectivity index (χ0) is 18.9. The monoisotopic (exact) mass is 376 g/mol. The fraction of sp³-hybridized carbons (Fsp3) is 0.500. The molecule has 0 saturated heterocycles. The van der Waals surface area contributed by atoms with Crippen molar-refractivity contribution in [3.8, 4) is 5.75 Å². The molecule has 2 rings (SSSR count). The van der Waals surface area contributed by atoms with Gasteiger partial charge in [0.25, 0.3) is 0 Å². The molecule has 26 heavy (non-hydrogen) atoms. The summed E-state index contributed by atoms with van der Waals surface area (Å²) in [5.41, 5.74) is 0.967. The van der Waals surface area contributed by atoms with Crippen LogP contribution < -0.4 is 15.0 Å². The first kappa shape index (κ1) is 20.4. The summed E-state index contributed by atoms with van der Waals surface area (Å²) in [4.78, 5) is 26.5. The summed E-state index contributed by atoms with van der Waals surface area (Å²) in [6.07, 6.45) is 6.97. The third-order valence-corrected chi connectivity index (χ3v) is 5.22. The van der Waals surface area contributed by atoms with Crippen molar-refractivity contribution in [3.05, 3.63) is 29.3 Å². The number of ketones is 1. The molecule has 1 N–H and O–H groups in total. The van der Waals surface area contributed by atoms with Crippen molar-refractivity contribution in [1.29, 1.82) is 0 Å². The van der Waals surface area contributed by atoms with E-state index in [9.17, 15) is 9.59 Å². The molecular weight excluding hydrogens is 348 g/mol. The minimum absolute atomic E-state index is 0.0218. The van der Waals surface area contributed by atoms with E-state index in [1.165, 1.54) is 19.3 Å². The maximum atomic E-state index is 12.0. The molecule has 1 heterocycles. The Morgan fingerprint density at radius 2 is 1.96 bits per heavy atom. The number of carbonyl (C=O) groups is 2. The minimum Gasteiger partial charge on any atom is -0.410 e. The molecule has 0 atom stereocenters. The lowest BCUT2D eigenvalue weighted by Crippen LogP contribution is -2.27. The molecular formula is C20H28N2O3S. The number of allylic oxidation sites excluding steroid dienone is 1. The first-order chi connectivity index (χ1) is 12.5. The fourth-order valence-electron chi connectivity index (χ4n) is 2.81. The van der Waals surface area contributed by atoms with Crippen LogP contribution in [0.4, 0.5) is 10.5 Å². The Bertz CT molecular complexity index is 673. The van der Waals surface area contributed by atoms with Gasteiger partial charge in [0.1, 0.15) is 5.75 Å². The second-order valence-electron chi connectivity index (χ2n) is 6.30. The Kier molecular flexibility index (Phi) is 8.04. The maximum Gasteiger partial charge on any atom is 0.412 e. The van der Waals surface area contributed by atoms with Gasteiger partial charge < -0.3 is 15.0 Å². The van der Waals surface area contributed by atoms with Crippen molar-refractivity contribution in [2.45, 2.75) is 57.8 Å². The van der Waals surface area contributed by atoms with Crippen molar-refractivity contribution >= 4 is 29.3 Å². The number of hydrogen-bond donors (Lipinski definition) is 1. The summed E-state index contributed by atoms with van der Waals surface area (Å²) in [6, 6.07) is 5.57. The van der Waals surface area contributed by atoms with E-state index in [0.717, 1.165) is 35.0 Å².